The van der Waals surface area contributed by atoms with Crippen LogP contribution in [0.15, 0.2) is 0 Å². The predicted molar refractivity (Wildman–Crippen MR) is 284 cm³/mol. The molecule has 2 amide bonds. The first-order chi connectivity index (χ1) is 32.2. The Bertz CT molecular complexity index is 1010. The normalized spacial score (nSPS) is 13.9. The lowest BCUT2D eigenvalue weighted by atomic mass is 10.0. The van der Waals surface area contributed by atoms with E-state index in [0.717, 1.165) is 51.5 Å². The third kappa shape index (κ3) is 48.8. The van der Waals surface area contributed by atoms with Crippen LogP contribution in [-0.2, 0) is 14.4 Å². The van der Waals surface area contributed by atoms with E-state index < -0.39 is 5.97 Å². The summed E-state index contributed by atoms with van der Waals surface area (Å²) in [6.07, 6.45) is 55.1. The number of aliphatic carboxylic acids is 1. The van der Waals surface area contributed by atoms with Crippen molar-refractivity contribution < 1.29 is 29.7 Å². The number of carbonyl (C=O) groups excluding carboxylic acids is 2. The molecule has 0 aliphatic carbocycles. The quantitative estimate of drug-likeness (QED) is 0.0450. The molecule has 1 saturated heterocycles. The first kappa shape index (κ1) is 66.4. The molecular formula is C58H116N2O6. The molecule has 0 radical (unpaired) electrons. The Morgan fingerprint density at radius 1 is 0.470 bits per heavy atom. The number of nitrogens with one attached hydrogen (secondary N) is 1. The van der Waals surface area contributed by atoms with Crippen molar-refractivity contribution in [2.24, 2.45) is 5.92 Å². The number of hydrogen-bond donors (Lipinski definition) is 4. The third-order valence-corrected chi connectivity index (χ3v) is 13.8. The predicted octanol–water partition coefficient (Wildman–Crippen LogP) is 16.6. The van der Waals surface area contributed by atoms with Crippen molar-refractivity contribution >= 4 is 17.8 Å². The summed E-state index contributed by atoms with van der Waals surface area (Å²) in [5, 5.41) is 29.9. The first-order valence-corrected chi connectivity index (χ1v) is 29.2. The molecule has 1 fully saturated rings. The highest BCUT2D eigenvalue weighted by Crippen LogP contribution is 2.20. The fourth-order valence-corrected chi connectivity index (χ4v) is 9.09. The van der Waals surface area contributed by atoms with E-state index >= 15 is 0 Å². The molecule has 4 N–H and O–H groups in total. The van der Waals surface area contributed by atoms with Crippen LogP contribution in [0.25, 0.3) is 0 Å². The zero-order valence-corrected chi connectivity index (χ0v) is 45.0. The number of aliphatic hydroxyl groups excluding tert-OH is 2. The Hall–Kier alpha value is -1.67. The highest BCUT2D eigenvalue weighted by atomic mass is 16.4. The molecule has 8 nitrogen and oxygen atoms in total. The molecule has 0 aromatic carbocycles. The summed E-state index contributed by atoms with van der Waals surface area (Å²) in [5.41, 5.74) is 0. The molecule has 0 saturated carbocycles. The fraction of sp³-hybridized carbons (Fsp3) is 0.948. The van der Waals surface area contributed by atoms with Crippen LogP contribution in [-0.4, -0.2) is 69.8 Å². The number of unbranched alkanes of at least 4 members (excludes halogenated alkanes) is 36. The van der Waals surface area contributed by atoms with Crippen molar-refractivity contribution in [1.82, 2.24) is 10.2 Å². The lowest BCUT2D eigenvalue weighted by molar-refractivity contribution is -0.137. The van der Waals surface area contributed by atoms with Crippen LogP contribution in [0.2, 0.25) is 0 Å². The Morgan fingerprint density at radius 3 is 1.06 bits per heavy atom. The van der Waals surface area contributed by atoms with Gasteiger partial charge in [0, 0.05) is 25.8 Å². The molecule has 1 aliphatic rings. The summed E-state index contributed by atoms with van der Waals surface area (Å²) >= 11 is 0. The van der Waals surface area contributed by atoms with E-state index in [9.17, 15) is 24.6 Å². The summed E-state index contributed by atoms with van der Waals surface area (Å²) in [4.78, 5) is 36.1. The number of nitrogens with zero attached hydrogens (tertiary/aromatic N) is 1. The number of rotatable bonds is 46. The Morgan fingerprint density at radius 2 is 0.773 bits per heavy atom. The Labute approximate surface area is 411 Å². The van der Waals surface area contributed by atoms with Crippen molar-refractivity contribution in [3.8, 4) is 0 Å². The zero-order valence-electron chi connectivity index (χ0n) is 45.0. The van der Waals surface area contributed by atoms with Gasteiger partial charge in [-0.15, -0.1) is 0 Å². The average molecular weight is 938 g/mol. The number of carboxylic acid groups (broad SMARTS) is 1. The van der Waals surface area contributed by atoms with Crippen LogP contribution >= 0.6 is 0 Å². The Kier molecular flexibility index (Phi) is 54.6. The summed E-state index contributed by atoms with van der Waals surface area (Å²) in [5.74, 6) is -0.0240. The van der Waals surface area contributed by atoms with Crippen molar-refractivity contribution in [2.75, 3.05) is 19.8 Å². The molecule has 0 spiro atoms. The maximum atomic E-state index is 12.1. The molecule has 66 heavy (non-hydrogen) atoms. The number of aliphatic hydroxyl groups is 2. The number of carboxylic acids is 1. The minimum atomic E-state index is -0.655. The van der Waals surface area contributed by atoms with E-state index in [1.54, 1.807) is 0 Å². The third-order valence-electron chi connectivity index (χ3n) is 13.8. The van der Waals surface area contributed by atoms with E-state index in [-0.39, 0.29) is 43.0 Å². The van der Waals surface area contributed by atoms with Crippen molar-refractivity contribution in [3.05, 3.63) is 0 Å². The number of carbonyl (C=O) groups is 3. The van der Waals surface area contributed by atoms with Gasteiger partial charge in [0.15, 0.2) is 0 Å². The van der Waals surface area contributed by atoms with E-state index in [4.69, 9.17) is 5.11 Å². The highest BCUT2D eigenvalue weighted by molar-refractivity contribution is 5.77. The Balaban J connectivity index is 0. The van der Waals surface area contributed by atoms with Gasteiger partial charge in [0.1, 0.15) is 0 Å². The van der Waals surface area contributed by atoms with Crippen molar-refractivity contribution in [1.29, 1.82) is 0 Å². The summed E-state index contributed by atoms with van der Waals surface area (Å²) in [7, 11) is 0. The van der Waals surface area contributed by atoms with Gasteiger partial charge < -0.3 is 25.5 Å². The monoisotopic (exact) mass is 937 g/mol. The molecular weight excluding hydrogens is 821 g/mol. The fourth-order valence-electron chi connectivity index (χ4n) is 9.09. The summed E-state index contributed by atoms with van der Waals surface area (Å²) in [6.45, 7) is 11.8. The standard InChI is InChI=1S/C21H41NO2.C21H43NO2.C16H32O2/c1-2-3-4-5-6-7-8-9-10-11-12-13-14-17-21(24)22-18-15-16-20(22)19-23;1-4-5-6-7-8-9-10-11-12-13-14-15-16-17-21(24)22-20(18-23)19(2)3;1-2-3-4-5-6-7-8-9-10-11-12-13-14-15-16(17)18/h20,23H,2-19H2,1H3;19-20,23H,4-18H2,1-3H3,(H,22,24);2-15H2,1H3,(H,17,18)/t2*20-;/m00./s1. The number of hydrogen-bond acceptors (Lipinski definition) is 5. The van der Waals surface area contributed by atoms with Gasteiger partial charge in [-0.1, -0.05) is 266 Å². The van der Waals surface area contributed by atoms with Crippen LogP contribution in [0.3, 0.4) is 0 Å². The van der Waals surface area contributed by atoms with Crippen molar-refractivity contribution in [3.63, 3.8) is 0 Å². The van der Waals surface area contributed by atoms with Gasteiger partial charge in [-0.3, -0.25) is 14.4 Å². The van der Waals surface area contributed by atoms with Crippen LogP contribution in [0, 0.1) is 5.92 Å². The van der Waals surface area contributed by atoms with Gasteiger partial charge in [-0.25, -0.2) is 0 Å². The van der Waals surface area contributed by atoms with Crippen LogP contribution < -0.4 is 5.32 Å². The van der Waals surface area contributed by atoms with E-state index in [2.05, 4.69) is 26.1 Å². The minimum Gasteiger partial charge on any atom is -0.481 e. The lowest BCUT2D eigenvalue weighted by Gasteiger charge is -2.22. The molecule has 0 bridgehead atoms. The molecule has 0 aromatic heterocycles. The van der Waals surface area contributed by atoms with Gasteiger partial charge in [0.05, 0.1) is 25.3 Å². The topological polar surface area (TPSA) is 127 Å². The molecule has 0 unspecified atom stereocenters. The molecule has 0 aromatic rings. The van der Waals surface area contributed by atoms with Gasteiger partial charge >= 0.3 is 5.97 Å². The first-order valence-electron chi connectivity index (χ1n) is 29.2. The molecule has 394 valence electrons. The van der Waals surface area contributed by atoms with Crippen molar-refractivity contribution in [2.45, 2.75) is 329 Å². The smallest absolute Gasteiger partial charge is 0.303 e. The largest absolute Gasteiger partial charge is 0.481 e. The van der Waals surface area contributed by atoms with E-state index in [1.165, 1.54) is 218 Å². The van der Waals surface area contributed by atoms with Crippen LogP contribution in [0.4, 0.5) is 0 Å². The molecule has 1 heterocycles. The van der Waals surface area contributed by atoms with Gasteiger partial charge in [-0.05, 0) is 38.0 Å². The maximum Gasteiger partial charge on any atom is 0.303 e. The maximum absolute atomic E-state index is 12.1. The second kappa shape index (κ2) is 54.3. The van der Waals surface area contributed by atoms with E-state index in [0.29, 0.717) is 19.3 Å². The van der Waals surface area contributed by atoms with E-state index in [1.807, 2.05) is 18.7 Å². The van der Waals surface area contributed by atoms with Gasteiger partial charge in [-0.2, -0.15) is 0 Å². The molecule has 1 aliphatic heterocycles. The van der Waals surface area contributed by atoms with Gasteiger partial charge in [0.2, 0.25) is 11.8 Å². The van der Waals surface area contributed by atoms with Gasteiger partial charge in [0.25, 0.3) is 0 Å². The number of likely N-dealkylation sites (tertiary alicyclic amines) is 1. The second-order valence-electron chi connectivity index (χ2n) is 20.5. The summed E-state index contributed by atoms with van der Waals surface area (Å²) < 4.78 is 0. The average Bonchev–Trinajstić information content (AvgIpc) is 3.80. The zero-order chi connectivity index (χ0) is 49.0. The number of amides is 2. The molecule has 2 atom stereocenters. The summed E-state index contributed by atoms with van der Waals surface area (Å²) in [6, 6.07) is -0.000977. The van der Waals surface area contributed by atoms with Crippen LogP contribution in [0.5, 0.6) is 0 Å². The second-order valence-corrected chi connectivity index (χ2v) is 20.5. The minimum absolute atomic E-state index is 0.0298. The SMILES string of the molecule is CCCCCCCCCCCCCCCC(=O)N1CCC[C@H]1CO.CCCCCCCCCCCCCCCC(=O)N[C@@H](CO)C(C)C.CCCCCCCCCCCCCCCC(=O)O. The van der Waals surface area contributed by atoms with Crippen LogP contribution in [0.1, 0.15) is 317 Å². The molecule has 8 heteroatoms. The molecule has 1 rings (SSSR count). The highest BCUT2D eigenvalue weighted by Gasteiger charge is 2.27. The lowest BCUT2D eigenvalue weighted by Crippen LogP contribution is -2.41.